The van der Waals surface area contributed by atoms with Gasteiger partial charge in [0.25, 0.3) is 11.8 Å². The average Bonchev–Trinajstić information content (AvgIpc) is 2.86. The van der Waals surface area contributed by atoms with Crippen LogP contribution in [0.15, 0.2) is 54.2 Å². The Hall–Kier alpha value is -3.08. The summed E-state index contributed by atoms with van der Waals surface area (Å²) >= 11 is 0. The quantitative estimate of drug-likeness (QED) is 0.837. The Balaban J connectivity index is 2.13. The van der Waals surface area contributed by atoms with Crippen molar-refractivity contribution in [2.24, 2.45) is 0 Å². The van der Waals surface area contributed by atoms with Crippen LogP contribution in [0.1, 0.15) is 25.0 Å². The molecule has 1 N–H and O–H groups in total. The highest BCUT2D eigenvalue weighted by Crippen LogP contribution is 2.34. The lowest BCUT2D eigenvalue weighted by atomic mass is 10.0. The highest BCUT2D eigenvalue weighted by Gasteiger charge is 2.40. The van der Waals surface area contributed by atoms with Crippen LogP contribution >= 0.6 is 0 Å². The fraction of sp³-hybridized carbons (Fsp3) is 0.238. The number of carbonyl (C=O) groups is 2. The van der Waals surface area contributed by atoms with Crippen molar-refractivity contribution in [1.82, 2.24) is 4.90 Å². The highest BCUT2D eigenvalue weighted by atomic mass is 16.5. The zero-order valence-electron chi connectivity index (χ0n) is 15.4. The largest absolute Gasteiger partial charge is 0.495 e. The molecule has 0 atom stereocenters. The lowest BCUT2D eigenvalue weighted by molar-refractivity contribution is -0.138. The summed E-state index contributed by atoms with van der Waals surface area (Å²) in [7, 11) is 1.57. The number of anilines is 1. The maximum absolute atomic E-state index is 13.0. The lowest BCUT2D eigenvalue weighted by Gasteiger charge is -2.19. The van der Waals surface area contributed by atoms with Gasteiger partial charge in [-0.15, -0.1) is 0 Å². The van der Waals surface area contributed by atoms with Crippen molar-refractivity contribution in [3.63, 3.8) is 0 Å². The van der Waals surface area contributed by atoms with Crippen LogP contribution < -0.4 is 10.1 Å². The van der Waals surface area contributed by atoms with Gasteiger partial charge in [-0.2, -0.15) is 0 Å². The van der Waals surface area contributed by atoms with Gasteiger partial charge < -0.3 is 10.1 Å². The summed E-state index contributed by atoms with van der Waals surface area (Å²) in [5.41, 5.74) is 3.05. The molecule has 5 nitrogen and oxygen atoms in total. The van der Waals surface area contributed by atoms with Crippen molar-refractivity contribution in [3.05, 3.63) is 65.4 Å². The van der Waals surface area contributed by atoms with Crippen molar-refractivity contribution >= 4 is 23.1 Å². The van der Waals surface area contributed by atoms with Crippen LogP contribution in [-0.4, -0.2) is 29.9 Å². The minimum absolute atomic E-state index is 0.229. The van der Waals surface area contributed by atoms with Crippen LogP contribution in [0, 0.1) is 6.92 Å². The molecule has 1 aliphatic rings. The molecule has 0 spiro atoms. The van der Waals surface area contributed by atoms with E-state index in [0.29, 0.717) is 22.6 Å². The van der Waals surface area contributed by atoms with E-state index in [1.165, 1.54) is 4.90 Å². The molecule has 2 amide bonds. The average molecular weight is 350 g/mol. The van der Waals surface area contributed by atoms with Crippen LogP contribution in [0.25, 0.3) is 5.57 Å². The fourth-order valence-corrected chi connectivity index (χ4v) is 3.06. The van der Waals surface area contributed by atoms with E-state index in [4.69, 9.17) is 4.74 Å². The number of hydrogen-bond acceptors (Lipinski definition) is 4. The van der Waals surface area contributed by atoms with Gasteiger partial charge >= 0.3 is 0 Å². The molecule has 0 saturated heterocycles. The highest BCUT2D eigenvalue weighted by molar-refractivity contribution is 6.36. The summed E-state index contributed by atoms with van der Waals surface area (Å²) in [4.78, 5) is 27.2. The summed E-state index contributed by atoms with van der Waals surface area (Å²) in [5.74, 6) is -0.00325. The van der Waals surface area contributed by atoms with Gasteiger partial charge in [-0.3, -0.25) is 14.5 Å². The third-order valence-corrected chi connectivity index (χ3v) is 4.31. The standard InChI is InChI=1S/C21H22N2O3/c1-13(2)23-20(24)18(15-8-6-5-7-9-15)19(21(23)25)22-16-12-14(3)10-11-17(16)26-4/h5-13,22H,1-4H3. The Bertz CT molecular complexity index is 885. The number of methoxy groups -OCH3 is 1. The minimum atomic E-state index is -0.326. The molecule has 1 aliphatic heterocycles. The van der Waals surface area contributed by atoms with Gasteiger partial charge in [0, 0.05) is 6.04 Å². The third kappa shape index (κ3) is 3.08. The third-order valence-electron chi connectivity index (χ3n) is 4.31. The second kappa shape index (κ2) is 7.04. The molecule has 0 fully saturated rings. The zero-order valence-corrected chi connectivity index (χ0v) is 15.4. The number of amides is 2. The van der Waals surface area contributed by atoms with E-state index >= 15 is 0 Å². The van der Waals surface area contributed by atoms with Gasteiger partial charge in [0.1, 0.15) is 11.4 Å². The first kappa shape index (κ1) is 17.7. The van der Waals surface area contributed by atoms with Gasteiger partial charge in [-0.1, -0.05) is 36.4 Å². The number of nitrogens with zero attached hydrogens (tertiary/aromatic N) is 1. The van der Waals surface area contributed by atoms with E-state index in [-0.39, 0.29) is 23.6 Å². The number of aryl methyl sites for hydroxylation is 1. The topological polar surface area (TPSA) is 58.6 Å². The summed E-state index contributed by atoms with van der Waals surface area (Å²) in [6.07, 6.45) is 0. The molecule has 0 saturated carbocycles. The van der Waals surface area contributed by atoms with Crippen molar-refractivity contribution < 1.29 is 14.3 Å². The normalized spacial score (nSPS) is 14.4. The molecular formula is C21H22N2O3. The second-order valence-corrected chi connectivity index (χ2v) is 6.52. The molecule has 0 unspecified atom stereocenters. The molecule has 0 aliphatic carbocycles. The van der Waals surface area contributed by atoms with Gasteiger partial charge in [0.2, 0.25) is 0 Å². The van der Waals surface area contributed by atoms with Crippen LogP contribution in [0.4, 0.5) is 5.69 Å². The minimum Gasteiger partial charge on any atom is -0.495 e. The summed E-state index contributed by atoms with van der Waals surface area (Å²) in [6.45, 7) is 5.61. The number of ether oxygens (including phenoxy) is 1. The van der Waals surface area contributed by atoms with Gasteiger partial charge in [0.05, 0.1) is 18.4 Å². The first-order chi connectivity index (χ1) is 12.4. The molecule has 0 bridgehead atoms. The molecule has 2 aromatic rings. The van der Waals surface area contributed by atoms with Crippen molar-refractivity contribution in [1.29, 1.82) is 0 Å². The van der Waals surface area contributed by atoms with Gasteiger partial charge in [-0.25, -0.2) is 0 Å². The summed E-state index contributed by atoms with van der Waals surface area (Å²) in [6, 6.07) is 14.7. The molecular weight excluding hydrogens is 328 g/mol. The number of hydrogen-bond donors (Lipinski definition) is 1. The molecule has 1 heterocycles. The Labute approximate surface area is 153 Å². The molecule has 2 aromatic carbocycles. The summed E-state index contributed by atoms with van der Waals surface area (Å²) in [5, 5.41) is 3.16. The van der Waals surface area contributed by atoms with Crippen LogP contribution in [0.5, 0.6) is 5.75 Å². The van der Waals surface area contributed by atoms with E-state index in [0.717, 1.165) is 5.56 Å². The molecule has 0 radical (unpaired) electrons. The number of rotatable bonds is 5. The summed E-state index contributed by atoms with van der Waals surface area (Å²) < 4.78 is 5.39. The first-order valence-corrected chi connectivity index (χ1v) is 8.53. The van der Waals surface area contributed by atoms with Crippen LogP contribution in [0.2, 0.25) is 0 Å². The van der Waals surface area contributed by atoms with E-state index in [1.54, 1.807) is 7.11 Å². The maximum Gasteiger partial charge on any atom is 0.278 e. The smallest absolute Gasteiger partial charge is 0.278 e. The van der Waals surface area contributed by atoms with Gasteiger partial charge in [0.15, 0.2) is 0 Å². The van der Waals surface area contributed by atoms with Crippen molar-refractivity contribution in [2.75, 3.05) is 12.4 Å². The van der Waals surface area contributed by atoms with Crippen LogP contribution in [-0.2, 0) is 9.59 Å². The molecule has 26 heavy (non-hydrogen) atoms. The van der Waals surface area contributed by atoms with Crippen molar-refractivity contribution in [2.45, 2.75) is 26.8 Å². The second-order valence-electron chi connectivity index (χ2n) is 6.52. The molecule has 3 rings (SSSR count). The number of carbonyl (C=O) groups excluding carboxylic acids is 2. The monoisotopic (exact) mass is 350 g/mol. The number of imide groups is 1. The van der Waals surface area contributed by atoms with E-state index in [2.05, 4.69) is 5.32 Å². The fourth-order valence-electron chi connectivity index (χ4n) is 3.06. The molecule has 134 valence electrons. The van der Waals surface area contributed by atoms with Crippen LogP contribution in [0.3, 0.4) is 0 Å². The predicted molar refractivity (Wildman–Crippen MR) is 102 cm³/mol. The SMILES string of the molecule is COc1ccc(C)cc1NC1=C(c2ccccc2)C(=O)N(C(C)C)C1=O. The van der Waals surface area contributed by atoms with Crippen molar-refractivity contribution in [3.8, 4) is 5.75 Å². The van der Waals surface area contributed by atoms with E-state index < -0.39 is 0 Å². The predicted octanol–water partition coefficient (Wildman–Crippen LogP) is 3.60. The maximum atomic E-state index is 13.0. The Morgan fingerprint density at radius 1 is 1.00 bits per heavy atom. The van der Waals surface area contributed by atoms with E-state index in [9.17, 15) is 9.59 Å². The Morgan fingerprint density at radius 3 is 2.31 bits per heavy atom. The zero-order chi connectivity index (χ0) is 18.8. The first-order valence-electron chi connectivity index (χ1n) is 8.53. The van der Waals surface area contributed by atoms with Gasteiger partial charge in [-0.05, 0) is 44.0 Å². The molecule has 0 aromatic heterocycles. The molecule has 5 heteroatoms. The Kier molecular flexibility index (Phi) is 4.80. The van der Waals surface area contributed by atoms with E-state index in [1.807, 2.05) is 69.3 Å². The lowest BCUT2D eigenvalue weighted by Crippen LogP contribution is -2.38. The Morgan fingerprint density at radius 2 is 1.69 bits per heavy atom. The number of benzene rings is 2. The number of nitrogens with one attached hydrogen (secondary N) is 1.